The lowest BCUT2D eigenvalue weighted by atomic mass is 10.1. The highest BCUT2D eigenvalue weighted by Crippen LogP contribution is 2.32. The molecule has 3 N–H and O–H groups in total. The van der Waals surface area contributed by atoms with Gasteiger partial charge in [0.2, 0.25) is 0 Å². The van der Waals surface area contributed by atoms with Crippen molar-refractivity contribution in [3.05, 3.63) is 23.4 Å². The number of halogens is 3. The van der Waals surface area contributed by atoms with Gasteiger partial charge in [-0.25, -0.2) is 4.98 Å². The van der Waals surface area contributed by atoms with Crippen LogP contribution >= 0.6 is 0 Å². The standard InChI is InChI=1S/C14H19F3N4/c1-9-5-3-2-4-8-21(9)13-10(12(18)19)6-7-11(20-13)14(15,16)17/h6-7,9H,2-5,8H2,1H3,(H3,18,19). The second kappa shape index (κ2) is 5.91. The van der Waals surface area contributed by atoms with E-state index >= 15 is 0 Å². The lowest BCUT2D eigenvalue weighted by molar-refractivity contribution is -0.141. The van der Waals surface area contributed by atoms with Gasteiger partial charge in [0, 0.05) is 12.6 Å². The van der Waals surface area contributed by atoms with Crippen LogP contribution in [0, 0.1) is 5.41 Å². The maximum absolute atomic E-state index is 12.9. The molecule has 21 heavy (non-hydrogen) atoms. The van der Waals surface area contributed by atoms with Gasteiger partial charge >= 0.3 is 6.18 Å². The summed E-state index contributed by atoms with van der Waals surface area (Å²) in [5, 5.41) is 7.57. The SMILES string of the molecule is CC1CCCCCN1c1nc(C(F)(F)F)ccc1C(=N)N. The fraction of sp³-hybridized carbons (Fsp3) is 0.571. The van der Waals surface area contributed by atoms with E-state index in [1.807, 2.05) is 11.8 Å². The second-order valence-electron chi connectivity index (χ2n) is 5.37. The molecule has 0 saturated carbocycles. The molecule has 2 heterocycles. The van der Waals surface area contributed by atoms with E-state index in [0.29, 0.717) is 6.54 Å². The molecule has 0 aliphatic carbocycles. The first-order chi connectivity index (χ1) is 9.80. The van der Waals surface area contributed by atoms with Gasteiger partial charge in [-0.05, 0) is 31.9 Å². The highest BCUT2D eigenvalue weighted by atomic mass is 19.4. The topological polar surface area (TPSA) is 66.0 Å². The molecule has 1 atom stereocenters. The van der Waals surface area contributed by atoms with Crippen LogP contribution in [0.4, 0.5) is 19.0 Å². The molecule has 0 spiro atoms. The number of hydrogen-bond donors (Lipinski definition) is 2. The minimum Gasteiger partial charge on any atom is -0.384 e. The zero-order valence-electron chi connectivity index (χ0n) is 11.9. The average molecular weight is 300 g/mol. The van der Waals surface area contributed by atoms with Crippen molar-refractivity contribution in [2.45, 2.75) is 44.8 Å². The summed E-state index contributed by atoms with van der Waals surface area (Å²) in [6.45, 7) is 2.60. The molecule has 0 amide bonds. The molecule has 1 aromatic heterocycles. The Kier molecular flexibility index (Phi) is 4.39. The predicted octanol–water partition coefficient (Wildman–Crippen LogP) is 3.15. The van der Waals surface area contributed by atoms with E-state index < -0.39 is 11.9 Å². The number of nitrogens with zero attached hydrogens (tertiary/aromatic N) is 2. The summed E-state index contributed by atoms with van der Waals surface area (Å²) in [5.41, 5.74) is 4.82. The van der Waals surface area contributed by atoms with E-state index in [2.05, 4.69) is 4.98 Å². The first kappa shape index (κ1) is 15.6. The third-order valence-corrected chi connectivity index (χ3v) is 3.78. The predicted molar refractivity (Wildman–Crippen MR) is 75.5 cm³/mol. The Hall–Kier alpha value is -1.79. The summed E-state index contributed by atoms with van der Waals surface area (Å²) in [5.74, 6) is -0.0885. The Morgan fingerprint density at radius 3 is 2.67 bits per heavy atom. The molecule has 116 valence electrons. The molecular weight excluding hydrogens is 281 g/mol. The van der Waals surface area contributed by atoms with E-state index in [9.17, 15) is 13.2 Å². The number of hydrogen-bond acceptors (Lipinski definition) is 3. The first-order valence-electron chi connectivity index (χ1n) is 7.00. The lowest BCUT2D eigenvalue weighted by Crippen LogP contribution is -2.35. The second-order valence-corrected chi connectivity index (χ2v) is 5.37. The molecule has 4 nitrogen and oxygen atoms in total. The number of nitrogens with one attached hydrogen (secondary N) is 1. The van der Waals surface area contributed by atoms with Gasteiger partial charge in [0.05, 0.1) is 5.56 Å². The van der Waals surface area contributed by atoms with Crippen LogP contribution in [0.1, 0.15) is 43.9 Å². The Bertz CT molecular complexity index is 527. The van der Waals surface area contributed by atoms with Gasteiger partial charge in [0.1, 0.15) is 17.3 Å². The lowest BCUT2D eigenvalue weighted by Gasteiger charge is -2.30. The fourth-order valence-electron chi connectivity index (χ4n) is 2.62. The van der Waals surface area contributed by atoms with Gasteiger partial charge in [-0.1, -0.05) is 12.8 Å². The third-order valence-electron chi connectivity index (χ3n) is 3.78. The van der Waals surface area contributed by atoms with Crippen LogP contribution in [0.5, 0.6) is 0 Å². The van der Waals surface area contributed by atoms with Gasteiger partial charge < -0.3 is 10.6 Å². The number of aromatic nitrogens is 1. The van der Waals surface area contributed by atoms with Crippen LogP contribution in [0.2, 0.25) is 0 Å². The van der Waals surface area contributed by atoms with E-state index in [0.717, 1.165) is 31.7 Å². The van der Waals surface area contributed by atoms with Gasteiger partial charge in [-0.3, -0.25) is 5.41 Å². The highest BCUT2D eigenvalue weighted by Gasteiger charge is 2.34. The van der Waals surface area contributed by atoms with Gasteiger partial charge in [0.25, 0.3) is 0 Å². The molecule has 7 heteroatoms. The molecule has 2 rings (SSSR count). The van der Waals surface area contributed by atoms with Crippen molar-refractivity contribution >= 4 is 11.7 Å². The molecule has 0 bridgehead atoms. The fourth-order valence-corrected chi connectivity index (χ4v) is 2.62. The summed E-state index contributed by atoms with van der Waals surface area (Å²) < 4.78 is 38.6. The average Bonchev–Trinajstić information content (AvgIpc) is 2.61. The van der Waals surface area contributed by atoms with Crippen molar-refractivity contribution in [1.82, 2.24) is 4.98 Å². The Morgan fingerprint density at radius 1 is 1.33 bits per heavy atom. The summed E-state index contributed by atoms with van der Waals surface area (Å²) in [4.78, 5) is 5.61. The molecule has 1 aliphatic heterocycles. The summed E-state index contributed by atoms with van der Waals surface area (Å²) in [6, 6.07) is 2.20. The molecule has 0 aromatic carbocycles. The Balaban J connectivity index is 2.49. The maximum Gasteiger partial charge on any atom is 0.433 e. The largest absolute Gasteiger partial charge is 0.433 e. The van der Waals surface area contributed by atoms with Crippen LogP contribution in [0.15, 0.2) is 12.1 Å². The van der Waals surface area contributed by atoms with Crippen LogP contribution < -0.4 is 10.6 Å². The van der Waals surface area contributed by atoms with E-state index in [-0.39, 0.29) is 23.3 Å². The molecule has 0 radical (unpaired) electrons. The molecule has 1 unspecified atom stereocenters. The normalized spacial score (nSPS) is 20.2. The number of pyridine rings is 1. The van der Waals surface area contributed by atoms with E-state index in [1.165, 1.54) is 6.07 Å². The number of rotatable bonds is 2. The first-order valence-corrected chi connectivity index (χ1v) is 7.00. The Morgan fingerprint density at radius 2 is 2.05 bits per heavy atom. The van der Waals surface area contributed by atoms with E-state index in [4.69, 9.17) is 11.1 Å². The number of nitrogen functional groups attached to an aromatic ring is 1. The zero-order valence-corrected chi connectivity index (χ0v) is 11.9. The molecule has 1 fully saturated rings. The number of alkyl halides is 3. The maximum atomic E-state index is 12.9. The molecular formula is C14H19F3N4. The Labute approximate surface area is 121 Å². The minimum atomic E-state index is -4.50. The zero-order chi connectivity index (χ0) is 15.6. The smallest absolute Gasteiger partial charge is 0.384 e. The minimum absolute atomic E-state index is 0.0848. The summed E-state index contributed by atoms with van der Waals surface area (Å²) in [7, 11) is 0. The van der Waals surface area contributed by atoms with Crippen molar-refractivity contribution in [2.24, 2.45) is 5.73 Å². The third kappa shape index (κ3) is 3.46. The molecule has 1 aliphatic rings. The number of amidine groups is 1. The molecule has 1 aromatic rings. The molecule has 1 saturated heterocycles. The number of nitrogens with two attached hydrogens (primary N) is 1. The van der Waals surface area contributed by atoms with Crippen molar-refractivity contribution < 1.29 is 13.2 Å². The van der Waals surface area contributed by atoms with Gasteiger partial charge in [-0.2, -0.15) is 13.2 Å². The van der Waals surface area contributed by atoms with Crippen molar-refractivity contribution in [3.8, 4) is 0 Å². The van der Waals surface area contributed by atoms with Crippen molar-refractivity contribution in [3.63, 3.8) is 0 Å². The van der Waals surface area contributed by atoms with Crippen molar-refractivity contribution in [1.29, 1.82) is 5.41 Å². The quantitative estimate of drug-likeness (QED) is 0.651. The van der Waals surface area contributed by atoms with Crippen LogP contribution in [0.3, 0.4) is 0 Å². The highest BCUT2D eigenvalue weighted by molar-refractivity contribution is 5.99. The van der Waals surface area contributed by atoms with Gasteiger partial charge in [-0.15, -0.1) is 0 Å². The van der Waals surface area contributed by atoms with Crippen LogP contribution in [-0.2, 0) is 6.18 Å². The number of anilines is 1. The monoisotopic (exact) mass is 300 g/mol. The summed E-state index contributed by atoms with van der Waals surface area (Å²) in [6.07, 6.45) is -0.602. The van der Waals surface area contributed by atoms with Crippen LogP contribution in [-0.4, -0.2) is 23.4 Å². The van der Waals surface area contributed by atoms with E-state index in [1.54, 1.807) is 0 Å². The summed E-state index contributed by atoms with van der Waals surface area (Å²) >= 11 is 0. The van der Waals surface area contributed by atoms with Crippen LogP contribution in [0.25, 0.3) is 0 Å². The van der Waals surface area contributed by atoms with Crippen molar-refractivity contribution in [2.75, 3.05) is 11.4 Å². The van der Waals surface area contributed by atoms with Gasteiger partial charge in [0.15, 0.2) is 0 Å².